The molecule has 1 heterocycles. The lowest BCUT2D eigenvalue weighted by molar-refractivity contribution is 0.0980. The van der Waals surface area contributed by atoms with Gasteiger partial charge in [-0.25, -0.2) is 0 Å². The number of phenolic OH excluding ortho intramolecular Hbond substituents is 1. The summed E-state index contributed by atoms with van der Waals surface area (Å²) in [5, 5.41) is 9.85. The van der Waals surface area contributed by atoms with Crippen molar-refractivity contribution in [3.8, 4) is 5.75 Å². The van der Waals surface area contributed by atoms with Crippen molar-refractivity contribution in [2.24, 2.45) is 0 Å². The summed E-state index contributed by atoms with van der Waals surface area (Å²) in [5.41, 5.74) is 3.29. The van der Waals surface area contributed by atoms with Gasteiger partial charge in [0.25, 0.3) is 0 Å². The predicted molar refractivity (Wildman–Crippen MR) is 74.5 cm³/mol. The Morgan fingerprint density at radius 3 is 2.63 bits per heavy atom. The molecule has 0 aliphatic heterocycles. The molecule has 0 radical (unpaired) electrons. The van der Waals surface area contributed by atoms with Gasteiger partial charge in [-0.2, -0.15) is 0 Å². The lowest BCUT2D eigenvalue weighted by Gasteiger charge is -2.07. The number of pyridine rings is 1. The second kappa shape index (κ2) is 5.65. The van der Waals surface area contributed by atoms with Gasteiger partial charge >= 0.3 is 0 Å². The maximum Gasteiger partial charge on any atom is 0.166 e. The van der Waals surface area contributed by atoms with Gasteiger partial charge in [-0.05, 0) is 55.7 Å². The average molecular weight is 255 g/mol. The number of nitrogens with zero attached hydrogens (tertiary/aromatic N) is 1. The van der Waals surface area contributed by atoms with Crippen LogP contribution in [0.1, 0.15) is 33.6 Å². The molecule has 0 aliphatic rings. The third-order valence-corrected chi connectivity index (χ3v) is 3.25. The summed E-state index contributed by atoms with van der Waals surface area (Å²) in [7, 11) is 0. The summed E-state index contributed by atoms with van der Waals surface area (Å²) >= 11 is 0. The first-order chi connectivity index (χ1) is 9.08. The Morgan fingerprint density at radius 1 is 1.21 bits per heavy atom. The molecule has 0 bridgehead atoms. The molecule has 0 spiro atoms. The first-order valence-electron chi connectivity index (χ1n) is 6.31. The molecule has 1 N–H and O–H groups in total. The van der Waals surface area contributed by atoms with Crippen molar-refractivity contribution in [2.45, 2.75) is 26.7 Å². The highest BCUT2D eigenvalue weighted by molar-refractivity contribution is 5.98. The second-order valence-electron chi connectivity index (χ2n) is 4.70. The predicted octanol–water partition coefficient (Wildman–Crippen LogP) is 3.22. The molecule has 2 aromatic rings. The van der Waals surface area contributed by atoms with Crippen LogP contribution in [0, 0.1) is 13.8 Å². The zero-order chi connectivity index (χ0) is 13.8. The molecule has 0 saturated heterocycles. The van der Waals surface area contributed by atoms with E-state index in [1.54, 1.807) is 18.3 Å². The number of hydrogen-bond donors (Lipinski definition) is 1. The molecule has 2 rings (SSSR count). The van der Waals surface area contributed by atoms with Crippen molar-refractivity contribution in [2.75, 3.05) is 0 Å². The molecule has 1 aromatic heterocycles. The van der Waals surface area contributed by atoms with Crippen molar-refractivity contribution in [3.63, 3.8) is 0 Å². The summed E-state index contributed by atoms with van der Waals surface area (Å²) in [6.45, 7) is 3.85. The molecule has 3 nitrogen and oxygen atoms in total. The molecular formula is C16H17NO2. The fraction of sp³-hybridized carbons (Fsp3) is 0.250. The topological polar surface area (TPSA) is 50.2 Å². The highest BCUT2D eigenvalue weighted by atomic mass is 16.3. The largest absolute Gasteiger partial charge is 0.507 e. The molecule has 0 unspecified atom stereocenters. The molecule has 1 aromatic carbocycles. The second-order valence-corrected chi connectivity index (χ2v) is 4.70. The molecule has 98 valence electrons. The third kappa shape index (κ3) is 3.19. The van der Waals surface area contributed by atoms with Crippen LogP contribution >= 0.6 is 0 Å². The number of carbonyl (C=O) groups excluding carboxylic acids is 1. The Hall–Kier alpha value is -2.16. The minimum Gasteiger partial charge on any atom is -0.507 e. The van der Waals surface area contributed by atoms with Crippen LogP contribution in [0.25, 0.3) is 0 Å². The summed E-state index contributed by atoms with van der Waals surface area (Å²) in [4.78, 5) is 16.3. The van der Waals surface area contributed by atoms with Crippen LogP contribution in [0.2, 0.25) is 0 Å². The lowest BCUT2D eigenvalue weighted by atomic mass is 9.99. The summed E-state index contributed by atoms with van der Waals surface area (Å²) in [5.74, 6) is 0.0142. The van der Waals surface area contributed by atoms with Gasteiger partial charge in [-0.1, -0.05) is 6.07 Å². The molecule has 0 fully saturated rings. The fourth-order valence-electron chi connectivity index (χ4n) is 1.95. The summed E-state index contributed by atoms with van der Waals surface area (Å²) < 4.78 is 0. The molecule has 3 heteroatoms. The highest BCUT2D eigenvalue weighted by Gasteiger charge is 2.12. The van der Waals surface area contributed by atoms with Crippen molar-refractivity contribution < 1.29 is 9.90 Å². The maximum atomic E-state index is 12.1. The lowest BCUT2D eigenvalue weighted by Crippen LogP contribution is -2.03. The Labute approximate surface area is 112 Å². The van der Waals surface area contributed by atoms with Gasteiger partial charge in [0.05, 0.1) is 5.56 Å². The molecule has 0 aliphatic carbocycles. The van der Waals surface area contributed by atoms with Crippen molar-refractivity contribution in [1.29, 1.82) is 0 Å². The van der Waals surface area contributed by atoms with Crippen LogP contribution in [-0.2, 0) is 6.42 Å². The van der Waals surface area contributed by atoms with Gasteiger partial charge in [-0.15, -0.1) is 0 Å². The highest BCUT2D eigenvalue weighted by Crippen LogP contribution is 2.23. The van der Waals surface area contributed by atoms with Gasteiger partial charge in [-0.3, -0.25) is 9.78 Å². The zero-order valence-electron chi connectivity index (χ0n) is 11.2. The smallest absolute Gasteiger partial charge is 0.166 e. The van der Waals surface area contributed by atoms with Crippen LogP contribution in [0.15, 0.2) is 36.5 Å². The normalized spacial score (nSPS) is 10.4. The Balaban J connectivity index is 2.10. The van der Waals surface area contributed by atoms with E-state index >= 15 is 0 Å². The van der Waals surface area contributed by atoms with E-state index in [-0.39, 0.29) is 11.5 Å². The van der Waals surface area contributed by atoms with Crippen LogP contribution in [-0.4, -0.2) is 15.9 Å². The minimum absolute atomic E-state index is 0.0498. The van der Waals surface area contributed by atoms with E-state index in [1.165, 1.54) is 0 Å². The number of rotatable bonds is 4. The average Bonchev–Trinajstić information content (AvgIpc) is 2.41. The number of phenols is 1. The number of ketones is 1. The number of hydrogen-bond acceptors (Lipinski definition) is 3. The molecule has 0 amide bonds. The summed E-state index contributed by atoms with van der Waals surface area (Å²) in [6, 6.07) is 9.04. The zero-order valence-corrected chi connectivity index (χ0v) is 11.2. The van der Waals surface area contributed by atoms with Crippen molar-refractivity contribution in [1.82, 2.24) is 4.98 Å². The molecular weight excluding hydrogens is 238 g/mol. The molecule has 19 heavy (non-hydrogen) atoms. The van der Waals surface area contributed by atoms with Crippen molar-refractivity contribution in [3.05, 3.63) is 58.9 Å². The Bertz CT molecular complexity index is 591. The van der Waals surface area contributed by atoms with Crippen molar-refractivity contribution >= 4 is 5.78 Å². The number of carbonyl (C=O) groups is 1. The van der Waals surface area contributed by atoms with Gasteiger partial charge in [0.2, 0.25) is 0 Å². The first kappa shape index (κ1) is 13.3. The fourth-order valence-corrected chi connectivity index (χ4v) is 1.95. The number of Topliss-reactive ketones (excluding diaryl/α,β-unsaturated/α-hetero) is 1. The number of aromatic hydroxyl groups is 1. The van der Waals surface area contributed by atoms with Crippen LogP contribution in [0.5, 0.6) is 5.75 Å². The number of aryl methyl sites for hydroxylation is 3. The van der Waals surface area contributed by atoms with E-state index in [0.29, 0.717) is 18.4 Å². The first-order valence-corrected chi connectivity index (χ1v) is 6.31. The van der Waals surface area contributed by atoms with Gasteiger partial charge in [0.1, 0.15) is 5.75 Å². The van der Waals surface area contributed by atoms with E-state index in [9.17, 15) is 9.90 Å². The molecule has 0 atom stereocenters. The standard InChI is InChI=1S/C16H17NO2/c1-11-9-14(16(19)10-12(11)2)15(18)7-6-13-5-3-4-8-17-13/h3-5,8-10,19H,6-7H2,1-2H3. The van der Waals surface area contributed by atoms with E-state index < -0.39 is 0 Å². The van der Waals surface area contributed by atoms with E-state index in [4.69, 9.17) is 0 Å². The van der Waals surface area contributed by atoms with Crippen LogP contribution < -0.4 is 0 Å². The summed E-state index contributed by atoms with van der Waals surface area (Å²) in [6.07, 6.45) is 2.66. The van der Waals surface area contributed by atoms with E-state index in [1.807, 2.05) is 32.0 Å². The Morgan fingerprint density at radius 2 is 1.95 bits per heavy atom. The maximum absolute atomic E-state index is 12.1. The molecule has 0 saturated carbocycles. The SMILES string of the molecule is Cc1cc(O)c(C(=O)CCc2ccccn2)cc1C. The van der Waals surface area contributed by atoms with Gasteiger partial charge in [0, 0.05) is 18.3 Å². The number of aromatic nitrogens is 1. The van der Waals surface area contributed by atoms with Gasteiger partial charge in [0.15, 0.2) is 5.78 Å². The number of benzene rings is 1. The van der Waals surface area contributed by atoms with Crippen LogP contribution in [0.3, 0.4) is 0 Å². The minimum atomic E-state index is -0.0498. The third-order valence-electron chi connectivity index (χ3n) is 3.25. The van der Waals surface area contributed by atoms with E-state index in [2.05, 4.69) is 4.98 Å². The monoisotopic (exact) mass is 255 g/mol. The van der Waals surface area contributed by atoms with Gasteiger partial charge < -0.3 is 5.11 Å². The van der Waals surface area contributed by atoms with Crippen LogP contribution in [0.4, 0.5) is 0 Å². The quantitative estimate of drug-likeness (QED) is 0.853. The Kier molecular flexibility index (Phi) is 3.95. The van der Waals surface area contributed by atoms with E-state index in [0.717, 1.165) is 16.8 Å².